The smallest absolute Gasteiger partial charge is 0.181 e. The van der Waals surface area contributed by atoms with E-state index in [0.29, 0.717) is 23.6 Å². The maximum atomic E-state index is 13.4. The number of pyridine rings is 1. The number of carbonyl (C=O) groups excluding carboxylic acids is 1. The molecule has 0 saturated carbocycles. The number of nitrogens with zero attached hydrogens (tertiary/aromatic N) is 1. The molecular weight excluding hydrogens is 293 g/mol. The molecule has 0 unspecified atom stereocenters. The van der Waals surface area contributed by atoms with Gasteiger partial charge in [0.15, 0.2) is 5.78 Å². The number of hydrogen-bond donors (Lipinski definition) is 0. The highest BCUT2D eigenvalue weighted by Crippen LogP contribution is 2.24. The number of benzene rings is 1. The normalized spacial score (nSPS) is 11.2. The molecule has 118 valence electrons. The summed E-state index contributed by atoms with van der Waals surface area (Å²) in [5, 5.41) is 0. The van der Waals surface area contributed by atoms with Gasteiger partial charge in [-0.25, -0.2) is 9.37 Å². The van der Waals surface area contributed by atoms with Crippen LogP contribution < -0.4 is 4.74 Å². The van der Waals surface area contributed by atoms with Crippen LogP contribution in [0.3, 0.4) is 0 Å². The predicted octanol–water partition coefficient (Wildman–Crippen LogP) is 4.67. The van der Waals surface area contributed by atoms with Crippen molar-refractivity contribution in [2.75, 3.05) is 0 Å². The lowest BCUT2D eigenvalue weighted by atomic mass is 10.1. The fraction of sp³-hybridized carbons (Fsp3) is 0.158. The fourth-order valence-electron chi connectivity index (χ4n) is 2.05. The van der Waals surface area contributed by atoms with E-state index >= 15 is 0 Å². The van der Waals surface area contributed by atoms with Crippen LogP contribution >= 0.6 is 0 Å². The monoisotopic (exact) mass is 311 g/mol. The van der Waals surface area contributed by atoms with Crippen LogP contribution in [0.1, 0.15) is 34.2 Å². The topological polar surface area (TPSA) is 39.2 Å². The van der Waals surface area contributed by atoms with Crippen molar-refractivity contribution < 1.29 is 13.9 Å². The molecule has 4 heteroatoms. The summed E-state index contributed by atoms with van der Waals surface area (Å²) in [7, 11) is 0. The lowest BCUT2D eigenvalue weighted by Gasteiger charge is -2.12. The standard InChI is InChI=1S/C19H18FNO2/c1-4-17(20)10-16-11-18(19(14(3)22)21-13(16)2)23-12-15-8-6-5-7-9-15/h4-11H,1,12H2,2-3H3/b17-10+. The van der Waals surface area contributed by atoms with Crippen molar-refractivity contribution >= 4 is 11.9 Å². The molecule has 1 aromatic carbocycles. The van der Waals surface area contributed by atoms with Crippen LogP contribution in [0.4, 0.5) is 4.39 Å². The molecular formula is C19H18FNO2. The Kier molecular flexibility index (Phi) is 5.41. The number of ketones is 1. The van der Waals surface area contributed by atoms with Gasteiger partial charge in [-0.15, -0.1) is 0 Å². The number of allylic oxidation sites excluding steroid dienone is 2. The molecule has 2 aromatic rings. The molecule has 1 aromatic heterocycles. The average Bonchev–Trinajstić information content (AvgIpc) is 2.55. The fourth-order valence-corrected chi connectivity index (χ4v) is 2.05. The maximum absolute atomic E-state index is 13.4. The van der Waals surface area contributed by atoms with Crippen LogP contribution in [0, 0.1) is 6.92 Å². The van der Waals surface area contributed by atoms with Crippen LogP contribution in [-0.4, -0.2) is 10.8 Å². The SMILES string of the molecule is C=C/C(F)=C\c1cc(OCc2ccccc2)c(C(C)=O)nc1C. The van der Waals surface area contributed by atoms with Gasteiger partial charge in [-0.3, -0.25) is 4.79 Å². The van der Waals surface area contributed by atoms with Crippen molar-refractivity contribution in [1.82, 2.24) is 4.98 Å². The molecule has 0 amide bonds. The molecule has 0 aliphatic carbocycles. The van der Waals surface area contributed by atoms with Crippen LogP contribution in [0.25, 0.3) is 6.08 Å². The highest BCUT2D eigenvalue weighted by Gasteiger charge is 2.14. The van der Waals surface area contributed by atoms with Crippen LogP contribution in [0.2, 0.25) is 0 Å². The molecule has 0 atom stereocenters. The van der Waals surface area contributed by atoms with Gasteiger partial charge < -0.3 is 4.74 Å². The molecule has 0 radical (unpaired) electrons. The van der Waals surface area contributed by atoms with Gasteiger partial charge in [-0.05, 0) is 30.7 Å². The molecule has 0 aliphatic heterocycles. The minimum Gasteiger partial charge on any atom is -0.486 e. The number of Topliss-reactive ketones (excluding diaryl/α,β-unsaturated/α-hetero) is 1. The second-order valence-corrected chi connectivity index (χ2v) is 5.07. The molecule has 0 N–H and O–H groups in total. The first-order chi connectivity index (χ1) is 11.0. The Morgan fingerprint density at radius 1 is 1.35 bits per heavy atom. The molecule has 23 heavy (non-hydrogen) atoms. The Labute approximate surface area is 135 Å². The first kappa shape index (κ1) is 16.6. The van der Waals surface area contributed by atoms with E-state index in [4.69, 9.17) is 4.74 Å². The van der Waals surface area contributed by atoms with Gasteiger partial charge in [0.25, 0.3) is 0 Å². The summed E-state index contributed by atoms with van der Waals surface area (Å²) in [6.07, 6.45) is 2.43. The summed E-state index contributed by atoms with van der Waals surface area (Å²) in [5.74, 6) is -0.328. The summed E-state index contributed by atoms with van der Waals surface area (Å²) >= 11 is 0. The number of aryl methyl sites for hydroxylation is 1. The number of halogens is 1. The van der Waals surface area contributed by atoms with Gasteiger partial charge in [0, 0.05) is 18.2 Å². The first-order valence-corrected chi connectivity index (χ1v) is 7.20. The average molecular weight is 311 g/mol. The summed E-state index contributed by atoms with van der Waals surface area (Å²) in [6.45, 7) is 6.83. The third kappa shape index (κ3) is 4.36. The summed E-state index contributed by atoms with van der Waals surface area (Å²) < 4.78 is 19.2. The quantitative estimate of drug-likeness (QED) is 0.575. The third-order valence-electron chi connectivity index (χ3n) is 3.28. The maximum Gasteiger partial charge on any atom is 0.181 e. The molecule has 0 spiro atoms. The molecule has 2 rings (SSSR count). The lowest BCUT2D eigenvalue weighted by Crippen LogP contribution is -2.06. The number of aromatic nitrogens is 1. The predicted molar refractivity (Wildman–Crippen MR) is 89.0 cm³/mol. The first-order valence-electron chi connectivity index (χ1n) is 7.20. The van der Waals surface area contributed by atoms with E-state index in [1.165, 1.54) is 13.0 Å². The van der Waals surface area contributed by atoms with E-state index in [1.807, 2.05) is 30.3 Å². The number of carbonyl (C=O) groups is 1. The van der Waals surface area contributed by atoms with Crippen molar-refractivity contribution in [3.8, 4) is 5.75 Å². The van der Waals surface area contributed by atoms with Gasteiger partial charge in [-0.1, -0.05) is 36.9 Å². The van der Waals surface area contributed by atoms with Crippen molar-refractivity contribution in [3.05, 3.63) is 77.4 Å². The summed E-state index contributed by atoms with van der Waals surface area (Å²) in [4.78, 5) is 16.0. The van der Waals surface area contributed by atoms with E-state index in [2.05, 4.69) is 11.6 Å². The van der Waals surface area contributed by atoms with E-state index in [0.717, 1.165) is 11.6 Å². The van der Waals surface area contributed by atoms with E-state index in [1.54, 1.807) is 13.0 Å². The largest absolute Gasteiger partial charge is 0.486 e. The zero-order chi connectivity index (χ0) is 16.8. The Bertz CT molecular complexity index is 751. The van der Waals surface area contributed by atoms with Crippen molar-refractivity contribution in [1.29, 1.82) is 0 Å². The van der Waals surface area contributed by atoms with E-state index in [9.17, 15) is 9.18 Å². The van der Waals surface area contributed by atoms with Gasteiger partial charge in [0.05, 0.1) is 0 Å². The van der Waals surface area contributed by atoms with Crippen LogP contribution in [-0.2, 0) is 6.61 Å². The van der Waals surface area contributed by atoms with Crippen LogP contribution in [0.15, 0.2) is 54.9 Å². The minimum atomic E-state index is -0.473. The second-order valence-electron chi connectivity index (χ2n) is 5.07. The van der Waals surface area contributed by atoms with E-state index in [-0.39, 0.29) is 11.5 Å². The molecule has 0 bridgehead atoms. The lowest BCUT2D eigenvalue weighted by molar-refractivity contribution is 0.100. The Morgan fingerprint density at radius 3 is 2.65 bits per heavy atom. The molecule has 0 aliphatic rings. The van der Waals surface area contributed by atoms with E-state index < -0.39 is 5.83 Å². The number of ether oxygens (including phenoxy) is 1. The second kappa shape index (κ2) is 7.49. The van der Waals surface area contributed by atoms with Crippen molar-refractivity contribution in [3.63, 3.8) is 0 Å². The Balaban J connectivity index is 2.36. The third-order valence-corrected chi connectivity index (χ3v) is 3.28. The van der Waals surface area contributed by atoms with Gasteiger partial charge >= 0.3 is 0 Å². The number of hydrogen-bond acceptors (Lipinski definition) is 3. The highest BCUT2D eigenvalue weighted by atomic mass is 19.1. The summed E-state index contributed by atoms with van der Waals surface area (Å²) in [6, 6.07) is 11.2. The zero-order valence-electron chi connectivity index (χ0n) is 13.2. The Hall–Kier alpha value is -2.75. The van der Waals surface area contributed by atoms with Crippen LogP contribution in [0.5, 0.6) is 5.75 Å². The summed E-state index contributed by atoms with van der Waals surface area (Å²) in [5.41, 5.74) is 2.32. The van der Waals surface area contributed by atoms with Crippen molar-refractivity contribution in [2.45, 2.75) is 20.5 Å². The van der Waals surface area contributed by atoms with Gasteiger partial charge in [0.2, 0.25) is 0 Å². The Morgan fingerprint density at radius 2 is 2.04 bits per heavy atom. The van der Waals surface area contributed by atoms with Gasteiger partial charge in [0.1, 0.15) is 23.9 Å². The molecule has 1 heterocycles. The highest BCUT2D eigenvalue weighted by molar-refractivity contribution is 5.95. The van der Waals surface area contributed by atoms with Crippen molar-refractivity contribution in [2.24, 2.45) is 0 Å². The zero-order valence-corrected chi connectivity index (χ0v) is 13.2. The van der Waals surface area contributed by atoms with Gasteiger partial charge in [-0.2, -0.15) is 0 Å². The molecule has 0 fully saturated rings. The number of rotatable bonds is 6. The molecule has 3 nitrogen and oxygen atoms in total. The minimum absolute atomic E-state index is 0.198. The molecule has 0 saturated heterocycles.